The molecule has 1 fully saturated rings. The Labute approximate surface area is 177 Å². The number of imide groups is 1. The molecule has 0 N–H and O–H groups in total. The molecule has 2 aromatic rings. The molecule has 0 bridgehead atoms. The number of carbonyl (C=O) groups excluding carboxylic acids is 4. The largest absolute Gasteiger partial charge is 0.497 e. The number of non-ortho nitro benzene ring substituents is 1. The second-order valence-electron chi connectivity index (χ2n) is 6.78. The van der Waals surface area contributed by atoms with Crippen LogP contribution < -0.4 is 4.74 Å². The van der Waals surface area contributed by atoms with E-state index in [1.165, 1.54) is 37.4 Å². The molecule has 160 valence electrons. The number of nitro groups is 1. The minimum absolute atomic E-state index is 0.0395. The van der Waals surface area contributed by atoms with Crippen LogP contribution in [0.1, 0.15) is 40.0 Å². The highest BCUT2D eigenvalue weighted by molar-refractivity contribution is 6.06. The van der Waals surface area contributed by atoms with Gasteiger partial charge in [0.25, 0.3) is 11.6 Å². The fraction of sp³-hybridized carbons (Fsp3) is 0.238. The molecule has 3 amide bonds. The van der Waals surface area contributed by atoms with Crippen LogP contribution in [0.15, 0.2) is 48.5 Å². The van der Waals surface area contributed by atoms with Crippen molar-refractivity contribution in [3.63, 3.8) is 0 Å². The molecule has 0 unspecified atom stereocenters. The zero-order chi connectivity index (χ0) is 22.5. The summed E-state index contributed by atoms with van der Waals surface area (Å²) in [4.78, 5) is 61.4. The van der Waals surface area contributed by atoms with Crippen molar-refractivity contribution < 1.29 is 28.8 Å². The molecule has 1 heterocycles. The number of methoxy groups -OCH3 is 1. The van der Waals surface area contributed by atoms with Crippen LogP contribution in [-0.4, -0.2) is 52.1 Å². The summed E-state index contributed by atoms with van der Waals surface area (Å²) in [5, 5.41) is 12.5. The molecule has 10 nitrogen and oxygen atoms in total. The standard InChI is InChI=1S/C21H19N3O7/c1-31-17-8-3-5-14(12-17)18(25)13-22(23-19(26)9-4-10-20(23)27)21(28)15-6-2-7-16(11-15)24(29)30/h2-3,5-8,11-12H,4,9-10,13H2,1H3. The Kier molecular flexibility index (Phi) is 6.39. The Balaban J connectivity index is 1.98. The summed E-state index contributed by atoms with van der Waals surface area (Å²) in [6.07, 6.45) is 0.423. The van der Waals surface area contributed by atoms with Crippen LogP contribution in [0.4, 0.5) is 5.69 Å². The zero-order valence-electron chi connectivity index (χ0n) is 16.6. The van der Waals surface area contributed by atoms with E-state index in [-0.39, 0.29) is 29.7 Å². The summed E-state index contributed by atoms with van der Waals surface area (Å²) in [7, 11) is 1.44. The summed E-state index contributed by atoms with van der Waals surface area (Å²) in [6, 6.07) is 11.1. The fourth-order valence-electron chi connectivity index (χ4n) is 3.17. The maximum absolute atomic E-state index is 13.2. The van der Waals surface area contributed by atoms with Gasteiger partial charge in [-0.1, -0.05) is 18.2 Å². The number of rotatable bonds is 7. The van der Waals surface area contributed by atoms with Crippen LogP contribution in [0.2, 0.25) is 0 Å². The van der Waals surface area contributed by atoms with Crippen molar-refractivity contribution in [1.82, 2.24) is 10.0 Å². The predicted octanol–water partition coefficient (Wildman–Crippen LogP) is 2.38. The number of nitrogens with zero attached hydrogens (tertiary/aromatic N) is 3. The normalized spacial score (nSPS) is 13.6. The number of Topliss-reactive ketones (excluding diaryl/α,β-unsaturated/α-hetero) is 1. The van der Waals surface area contributed by atoms with Crippen LogP contribution in [-0.2, 0) is 9.59 Å². The average Bonchev–Trinajstić information content (AvgIpc) is 2.77. The predicted molar refractivity (Wildman–Crippen MR) is 107 cm³/mol. The van der Waals surface area contributed by atoms with Crippen molar-refractivity contribution in [1.29, 1.82) is 0 Å². The molecule has 1 aliphatic rings. The Bertz CT molecular complexity index is 1050. The van der Waals surface area contributed by atoms with Gasteiger partial charge in [-0.3, -0.25) is 29.3 Å². The highest BCUT2D eigenvalue weighted by Gasteiger charge is 2.36. The maximum Gasteiger partial charge on any atom is 0.273 e. The van der Waals surface area contributed by atoms with Gasteiger partial charge in [-0.15, -0.1) is 0 Å². The maximum atomic E-state index is 13.2. The lowest BCUT2D eigenvalue weighted by molar-refractivity contribution is -0.384. The number of nitro benzene ring substituents is 1. The Morgan fingerprint density at radius 2 is 1.71 bits per heavy atom. The molecule has 1 aliphatic heterocycles. The number of carbonyl (C=O) groups is 4. The lowest BCUT2D eigenvalue weighted by atomic mass is 10.1. The van der Waals surface area contributed by atoms with Crippen LogP contribution in [0.25, 0.3) is 0 Å². The SMILES string of the molecule is COc1cccc(C(=O)CN(C(=O)c2cccc([N+](=O)[O-])c2)N2C(=O)CCCC2=O)c1. The zero-order valence-corrected chi connectivity index (χ0v) is 16.6. The topological polar surface area (TPSA) is 127 Å². The van der Waals surface area contributed by atoms with Crippen LogP contribution in [0.5, 0.6) is 5.75 Å². The van der Waals surface area contributed by atoms with E-state index >= 15 is 0 Å². The molecule has 0 aromatic heterocycles. The number of hydrazine groups is 1. The number of benzene rings is 2. The lowest BCUT2D eigenvalue weighted by Gasteiger charge is -2.35. The molecule has 2 aromatic carbocycles. The van der Waals surface area contributed by atoms with Crippen molar-refractivity contribution in [2.45, 2.75) is 19.3 Å². The second-order valence-corrected chi connectivity index (χ2v) is 6.78. The van der Waals surface area contributed by atoms with Crippen molar-refractivity contribution in [3.8, 4) is 5.75 Å². The molecule has 0 radical (unpaired) electrons. The van der Waals surface area contributed by atoms with Gasteiger partial charge in [0.2, 0.25) is 11.8 Å². The summed E-state index contributed by atoms with van der Waals surface area (Å²) >= 11 is 0. The number of piperidine rings is 1. The quantitative estimate of drug-likeness (QED) is 0.288. The minimum atomic E-state index is -0.872. The first-order chi connectivity index (χ1) is 14.8. The van der Waals surface area contributed by atoms with E-state index < -0.39 is 35.0 Å². The molecule has 31 heavy (non-hydrogen) atoms. The minimum Gasteiger partial charge on any atom is -0.497 e. The molecule has 3 rings (SSSR count). The van der Waals surface area contributed by atoms with E-state index in [1.54, 1.807) is 12.1 Å². The fourth-order valence-corrected chi connectivity index (χ4v) is 3.17. The molecule has 0 aliphatic carbocycles. The van der Waals surface area contributed by atoms with Gasteiger partial charge in [0.15, 0.2) is 5.78 Å². The Morgan fingerprint density at radius 1 is 1.06 bits per heavy atom. The Morgan fingerprint density at radius 3 is 2.35 bits per heavy atom. The average molecular weight is 425 g/mol. The third-order valence-corrected chi connectivity index (χ3v) is 4.72. The first kappa shape index (κ1) is 21.6. The molecular formula is C21H19N3O7. The van der Waals surface area contributed by atoms with Gasteiger partial charge in [-0.05, 0) is 24.6 Å². The van der Waals surface area contributed by atoms with Crippen molar-refractivity contribution in [3.05, 3.63) is 69.8 Å². The Hall–Kier alpha value is -4.08. The third kappa shape index (κ3) is 4.74. The molecule has 0 spiro atoms. The van der Waals surface area contributed by atoms with Crippen molar-refractivity contribution in [2.24, 2.45) is 0 Å². The molecular weight excluding hydrogens is 406 g/mol. The molecule has 0 atom stereocenters. The summed E-state index contributed by atoms with van der Waals surface area (Å²) in [5.74, 6) is -2.22. The summed E-state index contributed by atoms with van der Waals surface area (Å²) in [6.45, 7) is -0.605. The van der Waals surface area contributed by atoms with E-state index in [0.29, 0.717) is 17.2 Å². The number of amides is 3. The third-order valence-electron chi connectivity index (χ3n) is 4.72. The highest BCUT2D eigenvalue weighted by Crippen LogP contribution is 2.21. The monoisotopic (exact) mass is 425 g/mol. The van der Waals surface area contributed by atoms with Crippen LogP contribution >= 0.6 is 0 Å². The molecule has 1 saturated heterocycles. The second kappa shape index (κ2) is 9.16. The number of ether oxygens (including phenoxy) is 1. The van der Waals surface area contributed by atoms with E-state index in [9.17, 15) is 29.3 Å². The number of hydrogen-bond acceptors (Lipinski definition) is 7. The van der Waals surface area contributed by atoms with Crippen LogP contribution in [0.3, 0.4) is 0 Å². The van der Waals surface area contributed by atoms with Crippen molar-refractivity contribution in [2.75, 3.05) is 13.7 Å². The lowest BCUT2D eigenvalue weighted by Crippen LogP contribution is -2.56. The molecule has 10 heteroatoms. The first-order valence-electron chi connectivity index (χ1n) is 9.41. The smallest absolute Gasteiger partial charge is 0.273 e. The van der Waals surface area contributed by atoms with Gasteiger partial charge < -0.3 is 4.74 Å². The number of ketones is 1. The summed E-state index contributed by atoms with van der Waals surface area (Å²) in [5.41, 5.74) is -0.242. The van der Waals surface area contributed by atoms with Gasteiger partial charge in [0, 0.05) is 36.1 Å². The van der Waals surface area contributed by atoms with E-state index in [0.717, 1.165) is 11.1 Å². The molecule has 0 saturated carbocycles. The van der Waals surface area contributed by atoms with Crippen LogP contribution in [0, 0.1) is 10.1 Å². The first-order valence-corrected chi connectivity index (χ1v) is 9.41. The van der Waals surface area contributed by atoms with E-state index in [4.69, 9.17) is 4.74 Å². The number of hydrogen-bond donors (Lipinski definition) is 0. The van der Waals surface area contributed by atoms with E-state index in [2.05, 4.69) is 0 Å². The van der Waals surface area contributed by atoms with Gasteiger partial charge in [-0.25, -0.2) is 5.01 Å². The summed E-state index contributed by atoms with van der Waals surface area (Å²) < 4.78 is 5.10. The van der Waals surface area contributed by atoms with Gasteiger partial charge in [0.1, 0.15) is 12.3 Å². The van der Waals surface area contributed by atoms with E-state index in [1.807, 2.05) is 0 Å². The van der Waals surface area contributed by atoms with Crippen molar-refractivity contribution >= 4 is 29.2 Å². The van der Waals surface area contributed by atoms with Gasteiger partial charge >= 0.3 is 0 Å². The highest BCUT2D eigenvalue weighted by atomic mass is 16.6. The van der Waals surface area contributed by atoms with Gasteiger partial charge in [-0.2, -0.15) is 5.01 Å². The van der Waals surface area contributed by atoms with Gasteiger partial charge in [0.05, 0.1) is 12.0 Å².